The van der Waals surface area contributed by atoms with Crippen LogP contribution in [0.15, 0.2) is 24.3 Å². The number of esters is 1. The van der Waals surface area contributed by atoms with Gasteiger partial charge in [-0.2, -0.15) is 0 Å². The zero-order valence-electron chi connectivity index (χ0n) is 41.4. The SMILES string of the molecule is CCCCC/C=C\C/C=C\CCCCCCC(C)(CC(C)(CC)CCCCCCCCC)C(=O)OCC(C)(CCCCCCCCC)CCCCCCCCCCC. The maximum atomic E-state index is 14.5. The van der Waals surface area contributed by atoms with E-state index < -0.39 is 5.41 Å². The first-order valence-corrected chi connectivity index (χ1v) is 26.6. The van der Waals surface area contributed by atoms with Crippen molar-refractivity contribution in [2.45, 2.75) is 306 Å². The van der Waals surface area contributed by atoms with Crippen LogP contribution < -0.4 is 0 Å². The Morgan fingerprint density at radius 2 is 0.724 bits per heavy atom. The Balaban J connectivity index is 5.48. The van der Waals surface area contributed by atoms with Crippen LogP contribution in [0.1, 0.15) is 306 Å². The van der Waals surface area contributed by atoms with Crippen LogP contribution in [0.4, 0.5) is 0 Å². The molecule has 0 aliphatic carbocycles. The summed E-state index contributed by atoms with van der Waals surface area (Å²) in [6.45, 7) is 19.4. The third-order valence-corrected chi connectivity index (χ3v) is 13.8. The minimum absolute atomic E-state index is 0.0886. The second kappa shape index (κ2) is 40.0. The number of rotatable bonds is 45. The zero-order chi connectivity index (χ0) is 42.9. The van der Waals surface area contributed by atoms with E-state index in [2.05, 4.69) is 79.7 Å². The van der Waals surface area contributed by atoms with E-state index in [9.17, 15) is 4.79 Å². The van der Waals surface area contributed by atoms with Crippen molar-refractivity contribution in [2.75, 3.05) is 6.61 Å². The Labute approximate surface area is 367 Å². The van der Waals surface area contributed by atoms with E-state index in [1.165, 1.54) is 218 Å². The van der Waals surface area contributed by atoms with E-state index in [0.717, 1.165) is 32.1 Å². The van der Waals surface area contributed by atoms with Crippen molar-refractivity contribution in [3.63, 3.8) is 0 Å². The Morgan fingerprint density at radius 1 is 0.397 bits per heavy atom. The molecule has 3 unspecified atom stereocenters. The Morgan fingerprint density at radius 3 is 1.14 bits per heavy atom. The fraction of sp³-hybridized carbons (Fsp3) is 0.911. The number of carbonyl (C=O) groups is 1. The van der Waals surface area contributed by atoms with Crippen LogP contribution in [0.25, 0.3) is 0 Å². The summed E-state index contributed by atoms with van der Waals surface area (Å²) in [5.74, 6) is 0.107. The molecule has 0 heterocycles. The fourth-order valence-electron chi connectivity index (χ4n) is 9.31. The lowest BCUT2D eigenvalue weighted by Gasteiger charge is -2.39. The topological polar surface area (TPSA) is 26.3 Å². The van der Waals surface area contributed by atoms with Crippen LogP contribution in [0.2, 0.25) is 0 Å². The van der Waals surface area contributed by atoms with Crippen LogP contribution in [-0.4, -0.2) is 12.6 Å². The highest BCUT2D eigenvalue weighted by Crippen LogP contribution is 2.45. The van der Waals surface area contributed by atoms with Crippen molar-refractivity contribution in [1.29, 1.82) is 0 Å². The average molecular weight is 813 g/mol. The minimum atomic E-state index is -0.410. The van der Waals surface area contributed by atoms with Gasteiger partial charge in [-0.1, -0.05) is 259 Å². The third-order valence-electron chi connectivity index (χ3n) is 13.8. The van der Waals surface area contributed by atoms with Crippen LogP contribution >= 0.6 is 0 Å². The van der Waals surface area contributed by atoms with Crippen molar-refractivity contribution in [3.05, 3.63) is 24.3 Å². The lowest BCUT2D eigenvalue weighted by Crippen LogP contribution is -2.38. The van der Waals surface area contributed by atoms with Crippen molar-refractivity contribution >= 4 is 5.97 Å². The second-order valence-corrected chi connectivity index (χ2v) is 20.2. The number of unbranched alkanes of at least 4 members (excludes halogenated alkanes) is 27. The lowest BCUT2D eigenvalue weighted by molar-refractivity contribution is -0.161. The van der Waals surface area contributed by atoms with Crippen LogP contribution in [0.5, 0.6) is 0 Å². The van der Waals surface area contributed by atoms with E-state index in [1.807, 2.05) is 0 Å². The molecule has 0 aromatic carbocycles. The molecule has 0 N–H and O–H groups in total. The molecule has 0 aromatic rings. The Kier molecular flexibility index (Phi) is 39.3. The van der Waals surface area contributed by atoms with E-state index in [-0.39, 0.29) is 16.8 Å². The van der Waals surface area contributed by atoms with E-state index >= 15 is 0 Å². The van der Waals surface area contributed by atoms with Gasteiger partial charge in [0.2, 0.25) is 0 Å². The summed E-state index contributed by atoms with van der Waals surface area (Å²) in [7, 11) is 0. The molecule has 0 aliphatic heterocycles. The smallest absolute Gasteiger partial charge is 0.311 e. The average Bonchev–Trinajstić information content (AvgIpc) is 3.21. The van der Waals surface area contributed by atoms with Gasteiger partial charge in [0.15, 0.2) is 0 Å². The molecule has 0 bridgehead atoms. The van der Waals surface area contributed by atoms with E-state index in [0.29, 0.717) is 6.61 Å². The predicted octanol–water partition coefficient (Wildman–Crippen LogP) is 20.0. The molecule has 2 nitrogen and oxygen atoms in total. The molecule has 0 spiro atoms. The van der Waals surface area contributed by atoms with Crippen molar-refractivity contribution in [1.82, 2.24) is 0 Å². The fourth-order valence-corrected chi connectivity index (χ4v) is 9.31. The molecule has 2 heteroatoms. The molecule has 0 aromatic heterocycles. The number of hydrogen-bond acceptors (Lipinski definition) is 2. The van der Waals surface area contributed by atoms with Gasteiger partial charge in [0.25, 0.3) is 0 Å². The summed E-state index contributed by atoms with van der Waals surface area (Å²) in [5.41, 5.74) is -0.136. The number of carbonyl (C=O) groups excluding carboxylic acids is 1. The van der Waals surface area contributed by atoms with Gasteiger partial charge in [-0.3, -0.25) is 4.79 Å². The molecule has 0 amide bonds. The van der Waals surface area contributed by atoms with Crippen LogP contribution in [0, 0.1) is 16.2 Å². The van der Waals surface area contributed by atoms with E-state index in [1.54, 1.807) is 0 Å². The molecule has 0 saturated heterocycles. The monoisotopic (exact) mass is 813 g/mol. The summed E-state index contributed by atoms with van der Waals surface area (Å²) in [6, 6.07) is 0. The molecular formula is C56H108O2. The van der Waals surface area contributed by atoms with Crippen molar-refractivity contribution in [3.8, 4) is 0 Å². The maximum absolute atomic E-state index is 14.5. The molecule has 344 valence electrons. The highest BCUT2D eigenvalue weighted by Gasteiger charge is 2.41. The molecular weight excluding hydrogens is 705 g/mol. The number of hydrogen-bond donors (Lipinski definition) is 0. The highest BCUT2D eigenvalue weighted by molar-refractivity contribution is 5.76. The molecule has 58 heavy (non-hydrogen) atoms. The lowest BCUT2D eigenvalue weighted by atomic mass is 9.67. The zero-order valence-corrected chi connectivity index (χ0v) is 41.4. The summed E-state index contributed by atoms with van der Waals surface area (Å²) < 4.78 is 6.60. The molecule has 0 radical (unpaired) electrons. The highest BCUT2D eigenvalue weighted by atomic mass is 16.5. The van der Waals surface area contributed by atoms with Crippen molar-refractivity contribution < 1.29 is 9.53 Å². The minimum Gasteiger partial charge on any atom is -0.465 e. The number of ether oxygens (including phenoxy) is 1. The standard InChI is InChI=1S/C56H108O2/c1-9-14-18-22-26-28-29-30-31-32-34-38-42-46-50-56(8,51-54(6,13-5)47-43-39-35-24-20-16-11-3)53(57)58-52-55(7,48-44-40-36-25-21-17-12-4)49-45-41-37-33-27-23-19-15-10-2/h26,28,30-31H,9-25,27,29,32-52H2,1-8H3/b28-26-,31-30-. The molecule has 0 rings (SSSR count). The second-order valence-electron chi connectivity index (χ2n) is 20.2. The molecule has 0 fully saturated rings. The van der Waals surface area contributed by atoms with Gasteiger partial charge in [0, 0.05) is 5.41 Å². The first-order valence-electron chi connectivity index (χ1n) is 26.6. The molecule has 3 atom stereocenters. The maximum Gasteiger partial charge on any atom is 0.311 e. The normalized spacial score (nSPS) is 15.2. The molecule has 0 aliphatic rings. The van der Waals surface area contributed by atoms with Gasteiger partial charge in [-0.15, -0.1) is 0 Å². The third kappa shape index (κ3) is 33.6. The summed E-state index contributed by atoms with van der Waals surface area (Å²) in [5, 5.41) is 0. The van der Waals surface area contributed by atoms with Crippen LogP contribution in [0.3, 0.4) is 0 Å². The first-order chi connectivity index (χ1) is 28.1. The number of allylic oxidation sites excluding steroid dienone is 4. The molecule has 0 saturated carbocycles. The van der Waals surface area contributed by atoms with Crippen molar-refractivity contribution in [2.24, 2.45) is 16.2 Å². The van der Waals surface area contributed by atoms with E-state index in [4.69, 9.17) is 4.74 Å². The quantitative estimate of drug-likeness (QED) is 0.0348. The van der Waals surface area contributed by atoms with Gasteiger partial charge in [-0.05, 0) is 76.5 Å². The van der Waals surface area contributed by atoms with Gasteiger partial charge < -0.3 is 4.74 Å². The van der Waals surface area contributed by atoms with Gasteiger partial charge in [0.05, 0.1) is 12.0 Å². The van der Waals surface area contributed by atoms with Gasteiger partial charge in [-0.25, -0.2) is 0 Å². The largest absolute Gasteiger partial charge is 0.465 e. The summed E-state index contributed by atoms with van der Waals surface area (Å²) in [4.78, 5) is 14.5. The van der Waals surface area contributed by atoms with Gasteiger partial charge >= 0.3 is 5.97 Å². The summed E-state index contributed by atoms with van der Waals surface area (Å²) in [6.07, 6.45) is 59.4. The van der Waals surface area contributed by atoms with Crippen LogP contribution in [-0.2, 0) is 9.53 Å². The Bertz CT molecular complexity index is 935. The Hall–Kier alpha value is -1.05. The predicted molar refractivity (Wildman–Crippen MR) is 262 cm³/mol. The van der Waals surface area contributed by atoms with Gasteiger partial charge in [0.1, 0.15) is 0 Å². The first kappa shape index (κ1) is 57.0. The summed E-state index contributed by atoms with van der Waals surface area (Å²) >= 11 is 0.